The van der Waals surface area contributed by atoms with Gasteiger partial charge in [0.05, 0.1) is 34.0 Å². The minimum atomic E-state index is -0.508. The van der Waals surface area contributed by atoms with Gasteiger partial charge in [-0.1, -0.05) is 11.2 Å². The number of nitrogens with one attached hydrogen (secondary N) is 1. The van der Waals surface area contributed by atoms with Crippen LogP contribution in [0.15, 0.2) is 40.8 Å². The van der Waals surface area contributed by atoms with Crippen LogP contribution in [0.4, 0.5) is 6.01 Å². The number of hydrogen-bond donors (Lipinski definition) is 1. The van der Waals surface area contributed by atoms with Crippen molar-refractivity contribution in [1.29, 1.82) is 0 Å². The lowest BCUT2D eigenvalue weighted by molar-refractivity contribution is 0.101. The molecule has 0 fully saturated rings. The van der Waals surface area contributed by atoms with E-state index in [4.69, 9.17) is 23.4 Å². The summed E-state index contributed by atoms with van der Waals surface area (Å²) in [5.74, 6) is 1.50. The predicted molar refractivity (Wildman–Crippen MR) is 100 cm³/mol. The van der Waals surface area contributed by atoms with Crippen molar-refractivity contribution in [3.8, 4) is 34.5 Å². The normalized spacial score (nSPS) is 10.3. The molecule has 3 aromatic rings. The highest BCUT2D eigenvalue weighted by molar-refractivity contribution is 6.07. The van der Waals surface area contributed by atoms with Crippen LogP contribution < -0.4 is 24.3 Å². The van der Waals surface area contributed by atoms with Gasteiger partial charge in [0.15, 0.2) is 0 Å². The summed E-state index contributed by atoms with van der Waals surface area (Å²) in [5, 5.41) is 10.4. The SMILES string of the molecule is COc1ccc(-c2nnc(NC(=O)c3c(OC)cccc3OC)o2)c(OC)c1. The van der Waals surface area contributed by atoms with Crippen molar-refractivity contribution in [3.05, 3.63) is 42.0 Å². The van der Waals surface area contributed by atoms with Crippen LogP contribution >= 0.6 is 0 Å². The molecule has 1 heterocycles. The molecule has 0 bridgehead atoms. The molecule has 0 saturated carbocycles. The Kier molecular flexibility index (Phi) is 5.64. The molecular formula is C19H19N3O6. The van der Waals surface area contributed by atoms with Gasteiger partial charge < -0.3 is 23.4 Å². The van der Waals surface area contributed by atoms with Gasteiger partial charge in [0, 0.05) is 6.07 Å². The molecule has 0 aliphatic carbocycles. The lowest BCUT2D eigenvalue weighted by Crippen LogP contribution is -2.14. The zero-order chi connectivity index (χ0) is 20.1. The second-order valence-corrected chi connectivity index (χ2v) is 5.47. The molecule has 9 nitrogen and oxygen atoms in total. The van der Waals surface area contributed by atoms with Crippen LogP contribution in [-0.2, 0) is 0 Å². The Balaban J connectivity index is 1.87. The summed E-state index contributed by atoms with van der Waals surface area (Å²) in [7, 11) is 6.00. The lowest BCUT2D eigenvalue weighted by Gasteiger charge is -2.11. The summed E-state index contributed by atoms with van der Waals surface area (Å²) >= 11 is 0. The summed E-state index contributed by atoms with van der Waals surface area (Å²) in [6.07, 6.45) is 0. The Bertz CT molecular complexity index is 963. The van der Waals surface area contributed by atoms with Crippen molar-refractivity contribution in [1.82, 2.24) is 10.2 Å². The zero-order valence-electron chi connectivity index (χ0n) is 15.8. The zero-order valence-corrected chi connectivity index (χ0v) is 15.8. The number of ether oxygens (including phenoxy) is 4. The molecule has 0 saturated heterocycles. The molecular weight excluding hydrogens is 366 g/mol. The van der Waals surface area contributed by atoms with E-state index in [2.05, 4.69) is 15.5 Å². The molecule has 3 rings (SSSR count). The minimum absolute atomic E-state index is 0.0779. The molecule has 28 heavy (non-hydrogen) atoms. The molecule has 146 valence electrons. The highest BCUT2D eigenvalue weighted by Crippen LogP contribution is 2.33. The maximum absolute atomic E-state index is 12.7. The number of hydrogen-bond acceptors (Lipinski definition) is 8. The maximum Gasteiger partial charge on any atom is 0.322 e. The Labute approximate surface area is 161 Å². The van der Waals surface area contributed by atoms with E-state index in [1.54, 1.807) is 43.5 Å². The van der Waals surface area contributed by atoms with E-state index in [1.807, 2.05) is 0 Å². The number of amides is 1. The topological polar surface area (TPSA) is 105 Å². The second-order valence-electron chi connectivity index (χ2n) is 5.47. The quantitative estimate of drug-likeness (QED) is 0.662. The van der Waals surface area contributed by atoms with E-state index in [9.17, 15) is 4.79 Å². The number of carbonyl (C=O) groups excluding carboxylic acids is 1. The average Bonchev–Trinajstić information content (AvgIpc) is 3.20. The van der Waals surface area contributed by atoms with Gasteiger partial charge in [-0.15, -0.1) is 5.10 Å². The van der Waals surface area contributed by atoms with Gasteiger partial charge >= 0.3 is 6.01 Å². The molecule has 9 heteroatoms. The fourth-order valence-electron chi connectivity index (χ4n) is 2.59. The second kappa shape index (κ2) is 8.30. The van der Waals surface area contributed by atoms with Gasteiger partial charge in [0.25, 0.3) is 11.8 Å². The molecule has 0 spiro atoms. The van der Waals surface area contributed by atoms with Crippen LogP contribution in [0.1, 0.15) is 10.4 Å². The molecule has 1 aromatic heterocycles. The highest BCUT2D eigenvalue weighted by Gasteiger charge is 2.21. The summed E-state index contributed by atoms with van der Waals surface area (Å²) in [5.41, 5.74) is 0.778. The van der Waals surface area contributed by atoms with Gasteiger partial charge in [-0.05, 0) is 24.3 Å². The lowest BCUT2D eigenvalue weighted by atomic mass is 10.1. The summed E-state index contributed by atoms with van der Waals surface area (Å²) in [6.45, 7) is 0. The van der Waals surface area contributed by atoms with Crippen LogP contribution in [0.3, 0.4) is 0 Å². The number of anilines is 1. The standard InChI is InChI=1S/C19H19N3O6/c1-24-11-8-9-12(15(10-11)27-4)18-21-22-19(28-18)20-17(23)16-13(25-2)6-5-7-14(16)26-3/h5-10H,1-4H3,(H,20,22,23). The van der Waals surface area contributed by atoms with E-state index in [-0.39, 0.29) is 17.5 Å². The predicted octanol–water partition coefficient (Wildman–Crippen LogP) is 3.02. The van der Waals surface area contributed by atoms with E-state index < -0.39 is 5.91 Å². The summed E-state index contributed by atoms with van der Waals surface area (Å²) < 4.78 is 26.5. The molecule has 0 atom stereocenters. The summed E-state index contributed by atoms with van der Waals surface area (Å²) in [4.78, 5) is 12.7. The van der Waals surface area contributed by atoms with Gasteiger partial charge in [0.2, 0.25) is 0 Å². The first-order valence-corrected chi connectivity index (χ1v) is 8.19. The molecule has 0 aliphatic heterocycles. The molecule has 1 N–H and O–H groups in total. The fraction of sp³-hybridized carbons (Fsp3) is 0.211. The third-order valence-electron chi connectivity index (χ3n) is 3.94. The molecule has 0 aliphatic rings. The molecule has 0 unspecified atom stereocenters. The fourth-order valence-corrected chi connectivity index (χ4v) is 2.59. The van der Waals surface area contributed by atoms with Crippen molar-refractivity contribution in [2.24, 2.45) is 0 Å². The number of carbonyl (C=O) groups is 1. The Morgan fingerprint density at radius 3 is 2.18 bits per heavy atom. The highest BCUT2D eigenvalue weighted by atomic mass is 16.5. The minimum Gasteiger partial charge on any atom is -0.497 e. The van der Waals surface area contributed by atoms with Crippen LogP contribution in [0.2, 0.25) is 0 Å². The number of rotatable bonds is 7. The van der Waals surface area contributed by atoms with Crippen LogP contribution in [0.25, 0.3) is 11.5 Å². The monoisotopic (exact) mass is 385 g/mol. The molecule has 0 radical (unpaired) electrons. The Hall–Kier alpha value is -3.75. The van der Waals surface area contributed by atoms with E-state index in [0.717, 1.165) is 0 Å². The smallest absolute Gasteiger partial charge is 0.322 e. The molecule has 2 aromatic carbocycles. The van der Waals surface area contributed by atoms with Crippen LogP contribution in [-0.4, -0.2) is 44.5 Å². The van der Waals surface area contributed by atoms with Crippen molar-refractivity contribution >= 4 is 11.9 Å². The Morgan fingerprint density at radius 2 is 1.57 bits per heavy atom. The van der Waals surface area contributed by atoms with Crippen molar-refractivity contribution in [2.75, 3.05) is 33.8 Å². The van der Waals surface area contributed by atoms with Crippen LogP contribution in [0, 0.1) is 0 Å². The maximum atomic E-state index is 12.7. The Morgan fingerprint density at radius 1 is 0.893 bits per heavy atom. The molecule has 1 amide bonds. The third-order valence-corrected chi connectivity index (χ3v) is 3.94. The van der Waals surface area contributed by atoms with E-state index >= 15 is 0 Å². The van der Waals surface area contributed by atoms with Crippen molar-refractivity contribution in [3.63, 3.8) is 0 Å². The van der Waals surface area contributed by atoms with Crippen LogP contribution in [0.5, 0.6) is 23.0 Å². The number of nitrogens with zero attached hydrogens (tertiary/aromatic N) is 2. The van der Waals surface area contributed by atoms with E-state index in [0.29, 0.717) is 28.6 Å². The van der Waals surface area contributed by atoms with Gasteiger partial charge in [-0.3, -0.25) is 10.1 Å². The number of methoxy groups -OCH3 is 4. The largest absolute Gasteiger partial charge is 0.497 e. The average molecular weight is 385 g/mol. The van der Waals surface area contributed by atoms with Gasteiger partial charge in [0.1, 0.15) is 28.6 Å². The summed E-state index contributed by atoms with van der Waals surface area (Å²) in [6, 6.07) is 10.1. The van der Waals surface area contributed by atoms with Crippen molar-refractivity contribution < 1.29 is 28.2 Å². The first-order valence-electron chi connectivity index (χ1n) is 8.19. The van der Waals surface area contributed by atoms with Crippen molar-refractivity contribution in [2.45, 2.75) is 0 Å². The van der Waals surface area contributed by atoms with E-state index in [1.165, 1.54) is 21.3 Å². The van der Waals surface area contributed by atoms with Gasteiger partial charge in [-0.2, -0.15) is 0 Å². The first kappa shape index (κ1) is 19.0. The third kappa shape index (κ3) is 3.68. The number of aromatic nitrogens is 2. The first-order chi connectivity index (χ1) is 13.6. The number of benzene rings is 2. The van der Waals surface area contributed by atoms with Gasteiger partial charge in [-0.25, -0.2) is 0 Å².